The quantitative estimate of drug-likeness (QED) is 0.652. The predicted molar refractivity (Wildman–Crippen MR) is 99.9 cm³/mol. The predicted octanol–water partition coefficient (Wildman–Crippen LogP) is 4.36. The Bertz CT molecular complexity index is 649. The summed E-state index contributed by atoms with van der Waals surface area (Å²) in [6.45, 7) is 9.34. The van der Waals surface area contributed by atoms with E-state index in [0.29, 0.717) is 17.7 Å². The van der Waals surface area contributed by atoms with E-state index >= 15 is 0 Å². The van der Waals surface area contributed by atoms with Crippen LogP contribution >= 0.6 is 0 Å². The second-order valence-corrected chi connectivity index (χ2v) is 6.56. The summed E-state index contributed by atoms with van der Waals surface area (Å²) in [5.41, 5.74) is 9.69. The van der Waals surface area contributed by atoms with Crippen LogP contribution in [0.5, 0.6) is 0 Å². The smallest absolute Gasteiger partial charge is 0.156 e. The fourth-order valence-corrected chi connectivity index (χ4v) is 2.72. The lowest BCUT2D eigenvalue weighted by Crippen LogP contribution is -2.24. The van der Waals surface area contributed by atoms with Crippen LogP contribution in [0.4, 0.5) is 0 Å². The molecule has 1 aromatic carbocycles. The minimum absolute atomic E-state index is 0.394. The molecule has 1 aliphatic carbocycles. The van der Waals surface area contributed by atoms with Gasteiger partial charge in [0.2, 0.25) is 0 Å². The van der Waals surface area contributed by atoms with Gasteiger partial charge < -0.3 is 5.73 Å². The molecule has 2 N–H and O–H groups in total. The maximum absolute atomic E-state index is 6.35. The zero-order chi connectivity index (χ0) is 16.8. The summed E-state index contributed by atoms with van der Waals surface area (Å²) < 4.78 is 0. The van der Waals surface area contributed by atoms with Gasteiger partial charge in [0.25, 0.3) is 0 Å². The number of nitrogens with two attached hydrogens (primary N) is 1. The minimum Gasteiger partial charge on any atom is -0.383 e. The summed E-state index contributed by atoms with van der Waals surface area (Å²) in [6, 6.07) is 10.1. The second kappa shape index (κ2) is 7.91. The van der Waals surface area contributed by atoms with Gasteiger partial charge in [0, 0.05) is 17.7 Å². The van der Waals surface area contributed by atoms with Gasteiger partial charge in [-0.15, -0.1) is 0 Å². The van der Waals surface area contributed by atoms with Crippen molar-refractivity contribution in [3.05, 3.63) is 59.2 Å². The van der Waals surface area contributed by atoms with Crippen LogP contribution in [0, 0.1) is 11.8 Å². The SMILES string of the molecule is CC1=C(C(N)=NC(=NCC(C)C)c2ccccc2)C(C)CC=C1. The molecular weight excluding hydrogens is 282 g/mol. The number of rotatable bonds is 4. The van der Waals surface area contributed by atoms with Crippen LogP contribution in [0.3, 0.4) is 0 Å². The molecule has 1 atom stereocenters. The van der Waals surface area contributed by atoms with Crippen LogP contribution in [-0.4, -0.2) is 18.2 Å². The van der Waals surface area contributed by atoms with E-state index in [1.165, 1.54) is 5.57 Å². The van der Waals surface area contributed by atoms with Crippen molar-refractivity contribution >= 4 is 11.7 Å². The summed E-state index contributed by atoms with van der Waals surface area (Å²) in [5.74, 6) is 2.19. The number of nitrogens with zero attached hydrogens (tertiary/aromatic N) is 2. The molecule has 1 aromatic rings. The van der Waals surface area contributed by atoms with Crippen molar-refractivity contribution in [2.75, 3.05) is 6.54 Å². The molecule has 3 nitrogen and oxygen atoms in total. The van der Waals surface area contributed by atoms with Crippen molar-refractivity contribution in [1.29, 1.82) is 0 Å². The van der Waals surface area contributed by atoms with E-state index in [-0.39, 0.29) is 0 Å². The Balaban J connectivity index is 2.40. The highest BCUT2D eigenvalue weighted by Gasteiger charge is 2.18. The van der Waals surface area contributed by atoms with Crippen LogP contribution in [0.1, 0.15) is 39.7 Å². The molecule has 1 unspecified atom stereocenters. The molecule has 23 heavy (non-hydrogen) atoms. The Labute approximate surface area is 139 Å². The zero-order valence-corrected chi connectivity index (χ0v) is 14.6. The van der Waals surface area contributed by atoms with Crippen molar-refractivity contribution < 1.29 is 0 Å². The lowest BCUT2D eigenvalue weighted by molar-refractivity contribution is 0.665. The highest BCUT2D eigenvalue weighted by molar-refractivity contribution is 6.11. The van der Waals surface area contributed by atoms with Gasteiger partial charge in [-0.1, -0.05) is 63.3 Å². The van der Waals surface area contributed by atoms with Crippen LogP contribution in [-0.2, 0) is 0 Å². The summed E-state index contributed by atoms with van der Waals surface area (Å²) in [7, 11) is 0. The van der Waals surface area contributed by atoms with E-state index in [1.807, 2.05) is 30.3 Å². The van der Waals surface area contributed by atoms with E-state index in [2.05, 4.69) is 44.8 Å². The molecule has 0 aliphatic heterocycles. The maximum atomic E-state index is 6.35. The van der Waals surface area contributed by atoms with E-state index in [1.54, 1.807) is 0 Å². The third-order valence-electron chi connectivity index (χ3n) is 3.92. The number of amidine groups is 2. The number of hydrogen-bond acceptors (Lipinski definition) is 1. The first kappa shape index (κ1) is 17.2. The Morgan fingerprint density at radius 1 is 1.26 bits per heavy atom. The highest BCUT2D eigenvalue weighted by Crippen LogP contribution is 2.25. The molecule has 0 spiro atoms. The number of benzene rings is 1. The summed E-state index contributed by atoms with van der Waals surface area (Å²) >= 11 is 0. The Morgan fingerprint density at radius 2 is 1.96 bits per heavy atom. The fourth-order valence-electron chi connectivity index (χ4n) is 2.72. The van der Waals surface area contributed by atoms with Crippen LogP contribution < -0.4 is 5.73 Å². The van der Waals surface area contributed by atoms with Crippen LogP contribution in [0.15, 0.2) is 63.6 Å². The normalized spacial score (nSPS) is 19.6. The molecule has 1 aliphatic rings. The number of allylic oxidation sites excluding steroid dienone is 3. The molecular formula is C20H27N3. The molecule has 0 radical (unpaired) electrons. The topological polar surface area (TPSA) is 50.7 Å². The van der Waals surface area contributed by atoms with Crippen molar-refractivity contribution in [3.8, 4) is 0 Å². The molecule has 0 amide bonds. The standard InChI is InChI=1S/C20H27N3/c1-14(2)13-22-20(17-11-6-5-7-12-17)23-19(21)18-15(3)9-8-10-16(18)4/h5-9,11-12,14,16H,10,13H2,1-4H3,(H2,21,22,23). The third-order valence-corrected chi connectivity index (χ3v) is 3.92. The third kappa shape index (κ3) is 4.65. The average Bonchev–Trinajstić information content (AvgIpc) is 2.52. The summed E-state index contributed by atoms with van der Waals surface area (Å²) in [4.78, 5) is 9.38. The van der Waals surface area contributed by atoms with Gasteiger partial charge >= 0.3 is 0 Å². The van der Waals surface area contributed by atoms with Crippen molar-refractivity contribution in [2.24, 2.45) is 27.6 Å². The maximum Gasteiger partial charge on any atom is 0.156 e. The second-order valence-electron chi connectivity index (χ2n) is 6.56. The molecule has 0 saturated heterocycles. The molecule has 122 valence electrons. The molecule has 2 rings (SSSR count). The van der Waals surface area contributed by atoms with E-state index < -0.39 is 0 Å². The highest BCUT2D eigenvalue weighted by atomic mass is 15.0. The minimum atomic E-state index is 0.394. The summed E-state index contributed by atoms with van der Waals surface area (Å²) in [5, 5.41) is 0. The van der Waals surface area contributed by atoms with Gasteiger partial charge in [0.05, 0.1) is 0 Å². The Morgan fingerprint density at radius 3 is 2.57 bits per heavy atom. The van der Waals surface area contributed by atoms with Crippen molar-refractivity contribution in [3.63, 3.8) is 0 Å². The molecule has 0 saturated carbocycles. The number of hydrogen-bond donors (Lipinski definition) is 1. The number of aliphatic imine (C=N–C) groups is 2. The van der Waals surface area contributed by atoms with E-state index in [0.717, 1.165) is 29.9 Å². The van der Waals surface area contributed by atoms with Crippen molar-refractivity contribution in [1.82, 2.24) is 0 Å². The van der Waals surface area contributed by atoms with Crippen molar-refractivity contribution in [2.45, 2.75) is 34.1 Å². The first-order valence-corrected chi connectivity index (χ1v) is 8.30. The van der Waals surface area contributed by atoms with Gasteiger partial charge in [-0.3, -0.25) is 4.99 Å². The summed E-state index contributed by atoms with van der Waals surface area (Å²) in [6.07, 6.45) is 5.33. The van der Waals surface area contributed by atoms with Gasteiger partial charge in [-0.05, 0) is 30.8 Å². The molecule has 0 heterocycles. The van der Waals surface area contributed by atoms with E-state index in [9.17, 15) is 0 Å². The average molecular weight is 309 g/mol. The van der Waals surface area contributed by atoms with Gasteiger partial charge in [0.15, 0.2) is 5.84 Å². The van der Waals surface area contributed by atoms with Gasteiger partial charge in [-0.25, -0.2) is 4.99 Å². The van der Waals surface area contributed by atoms with Gasteiger partial charge in [0.1, 0.15) is 5.84 Å². The largest absolute Gasteiger partial charge is 0.383 e. The zero-order valence-electron chi connectivity index (χ0n) is 14.6. The monoisotopic (exact) mass is 309 g/mol. The Hall–Kier alpha value is -2.16. The lowest BCUT2D eigenvalue weighted by atomic mass is 9.88. The molecule has 0 fully saturated rings. The first-order chi connectivity index (χ1) is 11.0. The Kier molecular flexibility index (Phi) is 5.91. The molecule has 0 bridgehead atoms. The first-order valence-electron chi connectivity index (χ1n) is 8.30. The van der Waals surface area contributed by atoms with Crippen LogP contribution in [0.2, 0.25) is 0 Å². The van der Waals surface area contributed by atoms with Gasteiger partial charge in [-0.2, -0.15) is 0 Å². The lowest BCUT2D eigenvalue weighted by Gasteiger charge is -2.20. The molecule has 3 heteroatoms. The van der Waals surface area contributed by atoms with E-state index in [4.69, 9.17) is 10.7 Å². The van der Waals surface area contributed by atoms with Crippen LogP contribution in [0.25, 0.3) is 0 Å². The fraction of sp³-hybridized carbons (Fsp3) is 0.400. The molecule has 0 aromatic heterocycles.